The zero-order valence-electron chi connectivity index (χ0n) is 23.2. The van der Waals surface area contributed by atoms with Crippen molar-refractivity contribution in [2.45, 2.75) is 69.7 Å². The number of ether oxygens (including phenoxy) is 1. The number of piperidine rings is 1. The molecule has 5 nitrogen and oxygen atoms in total. The van der Waals surface area contributed by atoms with Gasteiger partial charge in [0.15, 0.2) is 5.90 Å². The Bertz CT molecular complexity index is 1110. The lowest BCUT2D eigenvalue weighted by molar-refractivity contribution is -0.146. The van der Waals surface area contributed by atoms with Gasteiger partial charge in [-0.25, -0.2) is 4.99 Å². The predicted octanol–water partition coefficient (Wildman–Crippen LogP) is 6.96. The number of aliphatic carboxylic acids is 1. The highest BCUT2D eigenvalue weighted by molar-refractivity contribution is 5.80. The molecule has 208 valence electrons. The van der Waals surface area contributed by atoms with Gasteiger partial charge in [-0.3, -0.25) is 4.79 Å². The molecule has 2 heterocycles. The quantitative estimate of drug-likeness (QED) is 0.402. The van der Waals surface area contributed by atoms with Gasteiger partial charge in [-0.15, -0.1) is 0 Å². The lowest BCUT2D eigenvalue weighted by Crippen LogP contribution is -2.39. The number of rotatable bonds is 8. The predicted molar refractivity (Wildman–Crippen MR) is 155 cm³/mol. The highest BCUT2D eigenvalue weighted by atomic mass is 16.5. The second kappa shape index (κ2) is 12.2. The molecule has 0 spiro atoms. The third-order valence-corrected chi connectivity index (χ3v) is 10.2. The van der Waals surface area contributed by atoms with E-state index in [0.717, 1.165) is 64.1 Å². The van der Waals surface area contributed by atoms with E-state index in [0.29, 0.717) is 30.3 Å². The molecule has 0 amide bonds. The van der Waals surface area contributed by atoms with E-state index in [1.807, 2.05) is 6.07 Å². The Morgan fingerprint density at radius 1 is 0.872 bits per heavy atom. The third kappa shape index (κ3) is 6.09. The Kier molecular flexibility index (Phi) is 8.34. The van der Waals surface area contributed by atoms with E-state index in [1.165, 1.54) is 30.4 Å². The van der Waals surface area contributed by atoms with Gasteiger partial charge in [0.25, 0.3) is 0 Å². The van der Waals surface area contributed by atoms with Gasteiger partial charge in [0.05, 0.1) is 5.92 Å². The molecule has 2 aliphatic heterocycles. The topological polar surface area (TPSA) is 62.1 Å². The summed E-state index contributed by atoms with van der Waals surface area (Å²) in [6.45, 7) is 3.86. The Hall–Kier alpha value is -2.66. The van der Waals surface area contributed by atoms with Crippen molar-refractivity contribution in [1.82, 2.24) is 4.90 Å². The van der Waals surface area contributed by atoms with Crippen molar-refractivity contribution < 1.29 is 14.6 Å². The van der Waals surface area contributed by atoms with E-state index in [9.17, 15) is 9.90 Å². The Morgan fingerprint density at radius 3 is 2.21 bits per heavy atom. The van der Waals surface area contributed by atoms with Crippen LogP contribution in [0.1, 0.15) is 80.9 Å². The van der Waals surface area contributed by atoms with E-state index < -0.39 is 5.97 Å². The number of benzene rings is 2. The second-order valence-electron chi connectivity index (χ2n) is 12.6. The molecule has 3 fully saturated rings. The van der Waals surface area contributed by atoms with Gasteiger partial charge in [0, 0.05) is 12.5 Å². The summed E-state index contributed by atoms with van der Waals surface area (Å²) in [5, 5.41) is 10.3. The van der Waals surface area contributed by atoms with Crippen molar-refractivity contribution in [2.75, 3.05) is 26.2 Å². The molecule has 39 heavy (non-hydrogen) atoms. The number of carbonyl (C=O) groups is 1. The van der Waals surface area contributed by atoms with Crippen LogP contribution >= 0.6 is 0 Å². The van der Waals surface area contributed by atoms with Gasteiger partial charge < -0.3 is 14.7 Å². The van der Waals surface area contributed by atoms with Crippen molar-refractivity contribution in [3.05, 3.63) is 71.8 Å². The third-order valence-electron chi connectivity index (χ3n) is 10.2. The number of carboxylic acid groups (broad SMARTS) is 1. The minimum absolute atomic E-state index is 0.132. The summed E-state index contributed by atoms with van der Waals surface area (Å²) in [6, 6.07) is 21.5. The average molecular weight is 529 g/mol. The molecule has 0 bridgehead atoms. The fourth-order valence-corrected chi connectivity index (χ4v) is 8.21. The van der Waals surface area contributed by atoms with E-state index in [2.05, 4.69) is 59.5 Å². The molecule has 2 unspecified atom stereocenters. The largest absolute Gasteiger partial charge is 0.481 e. The summed E-state index contributed by atoms with van der Waals surface area (Å²) >= 11 is 0. The molecule has 1 saturated heterocycles. The molecular weight excluding hydrogens is 484 g/mol. The van der Waals surface area contributed by atoms with Crippen LogP contribution in [0.4, 0.5) is 0 Å². The van der Waals surface area contributed by atoms with Gasteiger partial charge in [0.2, 0.25) is 0 Å². The maximum absolute atomic E-state index is 12.6. The number of hydrogen-bond acceptors (Lipinski definition) is 4. The molecule has 1 N–H and O–H groups in total. The number of likely N-dealkylation sites (tertiary alicyclic amines) is 1. The number of carboxylic acids is 1. The Balaban J connectivity index is 1.10. The standard InChI is InChI=1S/C34H44N2O3/c37-34(38)32(26-14-8-3-9-15-26)28-20-29(30(21-28)24-10-4-1-5-11-24)22-36-18-16-27(17-19-36)33-35-31(23-39-33)25-12-6-2-7-13-25/h1-2,4-7,10-13,26-32H,3,8-9,14-23H2,(H,37,38)/t28?,29-,30-,31?,32+/m1/s1. The Morgan fingerprint density at radius 2 is 1.54 bits per heavy atom. The Labute approximate surface area is 233 Å². The summed E-state index contributed by atoms with van der Waals surface area (Å²) in [7, 11) is 0. The van der Waals surface area contributed by atoms with Crippen molar-refractivity contribution in [3.8, 4) is 0 Å². The molecule has 2 aromatic carbocycles. The first-order valence-electron chi connectivity index (χ1n) is 15.4. The summed E-state index contributed by atoms with van der Waals surface area (Å²) in [4.78, 5) is 20.2. The van der Waals surface area contributed by atoms with Crippen molar-refractivity contribution >= 4 is 11.9 Å². The molecule has 6 rings (SSSR count). The fourth-order valence-electron chi connectivity index (χ4n) is 8.21. The second-order valence-corrected chi connectivity index (χ2v) is 12.6. The first-order valence-corrected chi connectivity index (χ1v) is 15.4. The van der Waals surface area contributed by atoms with Crippen LogP contribution in [0, 0.1) is 29.6 Å². The van der Waals surface area contributed by atoms with E-state index in [4.69, 9.17) is 9.73 Å². The van der Waals surface area contributed by atoms with Crippen molar-refractivity contribution in [1.29, 1.82) is 0 Å². The normalized spacial score (nSPS) is 29.6. The molecule has 4 aliphatic rings. The maximum atomic E-state index is 12.6. The summed E-state index contributed by atoms with van der Waals surface area (Å²) in [6.07, 6.45) is 10.1. The zero-order chi connectivity index (χ0) is 26.6. The van der Waals surface area contributed by atoms with Crippen LogP contribution < -0.4 is 0 Å². The van der Waals surface area contributed by atoms with Gasteiger partial charge in [-0.2, -0.15) is 0 Å². The SMILES string of the molecule is O=C(O)[C@@H](C1CCCCC1)C1C[C@H](CN2CCC(C3=NC(c4ccccc4)CO3)CC2)[C@@H](c2ccccc2)C1. The van der Waals surface area contributed by atoms with Gasteiger partial charge >= 0.3 is 5.97 Å². The smallest absolute Gasteiger partial charge is 0.307 e. The van der Waals surface area contributed by atoms with Crippen LogP contribution in [0.15, 0.2) is 65.7 Å². The lowest BCUT2D eigenvalue weighted by Gasteiger charge is -2.34. The van der Waals surface area contributed by atoms with Crippen LogP contribution in [0.3, 0.4) is 0 Å². The fraction of sp³-hybridized carbons (Fsp3) is 0.588. The first kappa shape index (κ1) is 26.6. The van der Waals surface area contributed by atoms with E-state index >= 15 is 0 Å². The van der Waals surface area contributed by atoms with Crippen LogP contribution in [-0.4, -0.2) is 48.1 Å². The number of hydrogen-bond donors (Lipinski definition) is 1. The van der Waals surface area contributed by atoms with E-state index in [1.54, 1.807) is 0 Å². The molecule has 2 saturated carbocycles. The molecule has 0 radical (unpaired) electrons. The van der Waals surface area contributed by atoms with Crippen molar-refractivity contribution in [2.24, 2.45) is 34.6 Å². The van der Waals surface area contributed by atoms with Gasteiger partial charge in [0.1, 0.15) is 12.6 Å². The van der Waals surface area contributed by atoms with Gasteiger partial charge in [-0.1, -0.05) is 79.9 Å². The first-order chi connectivity index (χ1) is 19.2. The van der Waals surface area contributed by atoms with Crippen LogP contribution in [0.5, 0.6) is 0 Å². The maximum Gasteiger partial charge on any atom is 0.307 e. The van der Waals surface area contributed by atoms with Crippen LogP contribution in [0.2, 0.25) is 0 Å². The minimum Gasteiger partial charge on any atom is -0.481 e. The molecule has 5 heteroatoms. The van der Waals surface area contributed by atoms with Crippen LogP contribution in [0.25, 0.3) is 0 Å². The van der Waals surface area contributed by atoms with Crippen LogP contribution in [-0.2, 0) is 9.53 Å². The number of aliphatic imine (C=N–C) groups is 1. The molecule has 0 aromatic heterocycles. The average Bonchev–Trinajstić information content (AvgIpc) is 3.63. The number of nitrogens with zero attached hydrogens (tertiary/aromatic N) is 2. The van der Waals surface area contributed by atoms with Gasteiger partial charge in [-0.05, 0) is 86.4 Å². The molecule has 5 atom stereocenters. The highest BCUT2D eigenvalue weighted by Crippen LogP contribution is 2.50. The zero-order valence-corrected chi connectivity index (χ0v) is 23.2. The summed E-state index contributed by atoms with van der Waals surface area (Å²) in [5.74, 6) is 2.26. The highest BCUT2D eigenvalue weighted by Gasteiger charge is 2.45. The van der Waals surface area contributed by atoms with E-state index in [-0.39, 0.29) is 17.9 Å². The molecule has 2 aromatic rings. The summed E-state index contributed by atoms with van der Waals surface area (Å²) < 4.78 is 6.10. The minimum atomic E-state index is -0.550. The molecular formula is C34H44N2O3. The molecule has 2 aliphatic carbocycles. The lowest BCUT2D eigenvalue weighted by atomic mass is 9.73. The monoisotopic (exact) mass is 528 g/mol. The van der Waals surface area contributed by atoms with Crippen molar-refractivity contribution in [3.63, 3.8) is 0 Å². The summed E-state index contributed by atoms with van der Waals surface area (Å²) in [5.41, 5.74) is 2.63.